The van der Waals surface area contributed by atoms with E-state index < -0.39 is 0 Å². The van der Waals surface area contributed by atoms with E-state index in [1.165, 1.54) is 38.5 Å². The normalized spacial score (nSPS) is 18.3. The Morgan fingerprint density at radius 2 is 1.88 bits per heavy atom. The highest BCUT2D eigenvalue weighted by molar-refractivity contribution is 5.37. The van der Waals surface area contributed by atoms with Crippen LogP contribution < -0.4 is 11.5 Å². The third-order valence-electron chi connectivity index (χ3n) is 3.36. The van der Waals surface area contributed by atoms with E-state index >= 15 is 0 Å². The van der Waals surface area contributed by atoms with E-state index in [0.29, 0.717) is 18.3 Å². The van der Waals surface area contributed by atoms with Gasteiger partial charge >= 0.3 is 0 Å². The van der Waals surface area contributed by atoms with Crippen molar-refractivity contribution in [2.45, 2.75) is 51.0 Å². The molecule has 4 heteroatoms. The van der Waals surface area contributed by atoms with E-state index in [2.05, 4.69) is 9.97 Å². The molecule has 2 rings (SSSR count). The Balaban J connectivity index is 2.16. The van der Waals surface area contributed by atoms with Gasteiger partial charge in [0.1, 0.15) is 11.6 Å². The molecule has 0 saturated heterocycles. The van der Waals surface area contributed by atoms with Gasteiger partial charge in [0.25, 0.3) is 0 Å². The molecule has 1 aliphatic carbocycles. The van der Waals surface area contributed by atoms with Crippen LogP contribution in [0.5, 0.6) is 0 Å². The summed E-state index contributed by atoms with van der Waals surface area (Å²) in [5, 5.41) is 0. The molecule has 88 valence electrons. The Hall–Kier alpha value is -1.16. The van der Waals surface area contributed by atoms with Crippen molar-refractivity contribution in [2.75, 3.05) is 5.73 Å². The topological polar surface area (TPSA) is 77.8 Å². The molecule has 1 aromatic rings. The maximum Gasteiger partial charge on any atom is 0.133 e. The van der Waals surface area contributed by atoms with Crippen LogP contribution in [0.3, 0.4) is 0 Å². The number of rotatable bonds is 2. The molecule has 1 fully saturated rings. The van der Waals surface area contributed by atoms with E-state index in [1.54, 1.807) is 6.20 Å². The van der Waals surface area contributed by atoms with E-state index in [9.17, 15) is 0 Å². The van der Waals surface area contributed by atoms with Gasteiger partial charge in [-0.25, -0.2) is 9.97 Å². The summed E-state index contributed by atoms with van der Waals surface area (Å²) in [4.78, 5) is 8.80. The second-order valence-electron chi connectivity index (χ2n) is 4.53. The summed E-state index contributed by atoms with van der Waals surface area (Å²) < 4.78 is 0. The van der Waals surface area contributed by atoms with Gasteiger partial charge in [-0.15, -0.1) is 0 Å². The maximum atomic E-state index is 5.85. The summed E-state index contributed by atoms with van der Waals surface area (Å²) in [7, 11) is 0. The summed E-state index contributed by atoms with van der Waals surface area (Å²) in [6, 6.07) is 0. The number of nitrogens with two attached hydrogens (primary N) is 2. The summed E-state index contributed by atoms with van der Waals surface area (Å²) in [5.74, 6) is 1.96. The Morgan fingerprint density at radius 3 is 2.44 bits per heavy atom. The van der Waals surface area contributed by atoms with Crippen molar-refractivity contribution in [2.24, 2.45) is 5.73 Å². The highest BCUT2D eigenvalue weighted by Gasteiger charge is 2.17. The second-order valence-corrected chi connectivity index (χ2v) is 4.53. The molecule has 0 radical (unpaired) electrons. The minimum absolute atomic E-state index is 0.413. The van der Waals surface area contributed by atoms with Gasteiger partial charge < -0.3 is 11.5 Å². The molecular weight excluding hydrogens is 200 g/mol. The molecule has 1 aromatic heterocycles. The first-order chi connectivity index (χ1) is 7.81. The van der Waals surface area contributed by atoms with Crippen LogP contribution in [0.1, 0.15) is 55.8 Å². The average Bonchev–Trinajstić information content (AvgIpc) is 2.57. The van der Waals surface area contributed by atoms with Crippen molar-refractivity contribution in [3.8, 4) is 0 Å². The average molecular weight is 220 g/mol. The standard InChI is InChI=1S/C12H20N4/c13-7-10-8-15-12(16-11(10)14)9-5-3-1-2-4-6-9/h8-9H,1-7,13H2,(H2,14,15,16). The van der Waals surface area contributed by atoms with Gasteiger partial charge in [-0.1, -0.05) is 25.7 Å². The van der Waals surface area contributed by atoms with Gasteiger partial charge in [-0.2, -0.15) is 0 Å². The fraction of sp³-hybridized carbons (Fsp3) is 0.667. The van der Waals surface area contributed by atoms with Crippen LogP contribution in [-0.2, 0) is 6.54 Å². The minimum Gasteiger partial charge on any atom is -0.383 e. The zero-order valence-electron chi connectivity index (χ0n) is 9.65. The number of nitrogen functional groups attached to an aromatic ring is 1. The second kappa shape index (κ2) is 5.25. The van der Waals surface area contributed by atoms with Gasteiger partial charge in [0, 0.05) is 24.2 Å². The van der Waals surface area contributed by atoms with Crippen molar-refractivity contribution < 1.29 is 0 Å². The van der Waals surface area contributed by atoms with Crippen molar-refractivity contribution in [3.63, 3.8) is 0 Å². The highest BCUT2D eigenvalue weighted by Crippen LogP contribution is 2.29. The van der Waals surface area contributed by atoms with Crippen LogP contribution >= 0.6 is 0 Å². The lowest BCUT2D eigenvalue weighted by atomic mass is 9.99. The maximum absolute atomic E-state index is 5.85. The highest BCUT2D eigenvalue weighted by atomic mass is 15.0. The fourth-order valence-electron chi connectivity index (χ4n) is 2.33. The van der Waals surface area contributed by atoms with Gasteiger partial charge in [-0.3, -0.25) is 0 Å². The Morgan fingerprint density at radius 1 is 1.19 bits per heavy atom. The first-order valence-electron chi connectivity index (χ1n) is 6.12. The van der Waals surface area contributed by atoms with Gasteiger partial charge in [0.15, 0.2) is 0 Å². The van der Waals surface area contributed by atoms with Crippen LogP contribution in [0.15, 0.2) is 6.20 Å². The van der Waals surface area contributed by atoms with Crippen LogP contribution in [-0.4, -0.2) is 9.97 Å². The lowest BCUT2D eigenvalue weighted by Gasteiger charge is -2.13. The monoisotopic (exact) mass is 220 g/mol. The first kappa shape index (κ1) is 11.3. The molecule has 0 unspecified atom stereocenters. The number of nitrogens with zero attached hydrogens (tertiary/aromatic N) is 2. The molecule has 16 heavy (non-hydrogen) atoms. The van der Waals surface area contributed by atoms with Crippen LogP contribution in [0.2, 0.25) is 0 Å². The van der Waals surface area contributed by atoms with Crippen molar-refractivity contribution >= 4 is 5.82 Å². The predicted molar refractivity (Wildman–Crippen MR) is 64.8 cm³/mol. The van der Waals surface area contributed by atoms with Crippen LogP contribution in [0.4, 0.5) is 5.82 Å². The molecule has 0 bridgehead atoms. The molecule has 0 aliphatic heterocycles. The molecule has 0 aromatic carbocycles. The quantitative estimate of drug-likeness (QED) is 0.747. The lowest BCUT2D eigenvalue weighted by Crippen LogP contribution is -2.10. The van der Waals surface area contributed by atoms with Gasteiger partial charge in [0.2, 0.25) is 0 Å². The summed E-state index contributed by atoms with van der Waals surface area (Å²) in [6.07, 6.45) is 9.42. The van der Waals surface area contributed by atoms with Gasteiger partial charge in [-0.05, 0) is 12.8 Å². The van der Waals surface area contributed by atoms with E-state index in [1.807, 2.05) is 0 Å². The Kier molecular flexibility index (Phi) is 3.72. The predicted octanol–water partition coefficient (Wildman–Crippen LogP) is 1.96. The summed E-state index contributed by atoms with van der Waals surface area (Å²) in [6.45, 7) is 0.413. The zero-order valence-corrected chi connectivity index (χ0v) is 9.65. The first-order valence-corrected chi connectivity index (χ1v) is 6.12. The Labute approximate surface area is 96.5 Å². The van der Waals surface area contributed by atoms with Crippen molar-refractivity contribution in [1.29, 1.82) is 0 Å². The number of anilines is 1. The molecule has 4 nitrogen and oxygen atoms in total. The fourth-order valence-corrected chi connectivity index (χ4v) is 2.33. The third kappa shape index (κ3) is 2.50. The lowest BCUT2D eigenvalue weighted by molar-refractivity contribution is 0.560. The van der Waals surface area contributed by atoms with Crippen molar-refractivity contribution in [1.82, 2.24) is 9.97 Å². The molecule has 1 saturated carbocycles. The number of aromatic nitrogens is 2. The summed E-state index contributed by atoms with van der Waals surface area (Å²) in [5.41, 5.74) is 12.2. The Bertz CT molecular complexity index is 343. The van der Waals surface area contributed by atoms with Crippen LogP contribution in [0, 0.1) is 0 Å². The van der Waals surface area contributed by atoms with E-state index in [4.69, 9.17) is 11.5 Å². The van der Waals surface area contributed by atoms with E-state index in [0.717, 1.165) is 11.4 Å². The van der Waals surface area contributed by atoms with Crippen molar-refractivity contribution in [3.05, 3.63) is 17.6 Å². The molecule has 1 aliphatic rings. The number of hydrogen-bond acceptors (Lipinski definition) is 4. The van der Waals surface area contributed by atoms with Gasteiger partial charge in [0.05, 0.1) is 0 Å². The molecule has 0 spiro atoms. The van der Waals surface area contributed by atoms with E-state index in [-0.39, 0.29) is 0 Å². The SMILES string of the molecule is NCc1cnc(C2CCCCCC2)nc1N. The minimum atomic E-state index is 0.413. The molecule has 0 atom stereocenters. The molecule has 0 amide bonds. The molecule has 4 N–H and O–H groups in total. The largest absolute Gasteiger partial charge is 0.383 e. The third-order valence-corrected chi connectivity index (χ3v) is 3.36. The molecule has 1 heterocycles. The molecular formula is C12H20N4. The smallest absolute Gasteiger partial charge is 0.133 e. The summed E-state index contributed by atoms with van der Waals surface area (Å²) >= 11 is 0. The zero-order chi connectivity index (χ0) is 11.4. The number of hydrogen-bond donors (Lipinski definition) is 2. The van der Waals surface area contributed by atoms with Crippen LogP contribution in [0.25, 0.3) is 0 Å².